The fraction of sp³-hybridized carbons (Fsp3) is 0.273. The van der Waals surface area contributed by atoms with E-state index in [1.807, 2.05) is 0 Å². The maximum atomic E-state index is 13.2. The number of benzene rings is 1. The Bertz CT molecular complexity index is 513. The molecule has 0 fully saturated rings. The van der Waals surface area contributed by atoms with Crippen LogP contribution in [0.3, 0.4) is 0 Å². The molecule has 1 heterocycles. The first-order valence-electron chi connectivity index (χ1n) is 5.11. The molecule has 90 valence electrons. The van der Waals surface area contributed by atoms with Crippen LogP contribution in [0.5, 0.6) is 5.75 Å². The summed E-state index contributed by atoms with van der Waals surface area (Å²) < 4.78 is 23.1. The van der Waals surface area contributed by atoms with Crippen molar-refractivity contribution in [2.75, 3.05) is 13.7 Å². The fourth-order valence-electron chi connectivity index (χ4n) is 1.39. The van der Waals surface area contributed by atoms with Crippen LogP contribution in [0, 0.1) is 5.82 Å². The van der Waals surface area contributed by atoms with Gasteiger partial charge in [0.1, 0.15) is 0 Å². The molecule has 17 heavy (non-hydrogen) atoms. The monoisotopic (exact) mass is 237 g/mol. The molecule has 0 aliphatic carbocycles. The van der Waals surface area contributed by atoms with Crippen LogP contribution in [0.15, 0.2) is 22.7 Å². The van der Waals surface area contributed by atoms with E-state index in [0.717, 1.165) is 0 Å². The van der Waals surface area contributed by atoms with Gasteiger partial charge in [0.25, 0.3) is 5.89 Å². The first kappa shape index (κ1) is 11.5. The third-order valence-corrected chi connectivity index (χ3v) is 2.23. The van der Waals surface area contributed by atoms with Crippen LogP contribution in [-0.2, 0) is 6.42 Å². The zero-order valence-corrected chi connectivity index (χ0v) is 9.31. The van der Waals surface area contributed by atoms with E-state index in [1.165, 1.54) is 19.2 Å². The smallest absolute Gasteiger partial charge is 0.258 e. The number of ether oxygens (including phenoxy) is 1. The standard InChI is InChI=1S/C11H12FN3O2/c1-16-9-6-7(2-3-8(9)12)11-14-10(4-5-13)15-17-11/h2-3,6H,4-5,13H2,1H3. The molecule has 0 spiro atoms. The first-order valence-corrected chi connectivity index (χ1v) is 5.11. The largest absolute Gasteiger partial charge is 0.494 e. The molecular weight excluding hydrogens is 225 g/mol. The van der Waals surface area contributed by atoms with Crippen molar-refractivity contribution < 1.29 is 13.7 Å². The Balaban J connectivity index is 2.32. The van der Waals surface area contributed by atoms with Crippen LogP contribution in [0.25, 0.3) is 11.5 Å². The zero-order chi connectivity index (χ0) is 12.3. The number of nitrogens with two attached hydrogens (primary N) is 1. The number of hydrogen-bond acceptors (Lipinski definition) is 5. The Morgan fingerprint density at radius 3 is 3.00 bits per heavy atom. The van der Waals surface area contributed by atoms with Crippen molar-refractivity contribution in [3.63, 3.8) is 0 Å². The highest BCUT2D eigenvalue weighted by Crippen LogP contribution is 2.25. The molecule has 0 bridgehead atoms. The lowest BCUT2D eigenvalue weighted by Gasteiger charge is -2.02. The molecule has 2 aromatic rings. The molecule has 6 heteroatoms. The van der Waals surface area contributed by atoms with E-state index in [-0.39, 0.29) is 5.75 Å². The van der Waals surface area contributed by atoms with Crippen molar-refractivity contribution in [3.05, 3.63) is 29.8 Å². The number of aromatic nitrogens is 2. The van der Waals surface area contributed by atoms with Crippen molar-refractivity contribution in [1.29, 1.82) is 0 Å². The van der Waals surface area contributed by atoms with E-state index < -0.39 is 5.82 Å². The Morgan fingerprint density at radius 1 is 1.47 bits per heavy atom. The lowest BCUT2D eigenvalue weighted by atomic mass is 10.2. The van der Waals surface area contributed by atoms with Crippen molar-refractivity contribution in [2.45, 2.75) is 6.42 Å². The minimum absolute atomic E-state index is 0.140. The van der Waals surface area contributed by atoms with E-state index in [9.17, 15) is 4.39 Å². The van der Waals surface area contributed by atoms with Crippen LogP contribution >= 0.6 is 0 Å². The topological polar surface area (TPSA) is 74.2 Å². The summed E-state index contributed by atoms with van der Waals surface area (Å²) in [6, 6.07) is 4.35. The predicted octanol–water partition coefficient (Wildman–Crippen LogP) is 1.39. The average Bonchev–Trinajstić information content (AvgIpc) is 2.79. The van der Waals surface area contributed by atoms with Gasteiger partial charge in [0.05, 0.1) is 7.11 Å². The molecule has 5 nitrogen and oxygen atoms in total. The Hall–Kier alpha value is -1.95. The van der Waals surface area contributed by atoms with Gasteiger partial charge in [0, 0.05) is 12.0 Å². The van der Waals surface area contributed by atoms with Gasteiger partial charge >= 0.3 is 0 Å². The molecular formula is C11H12FN3O2. The van der Waals surface area contributed by atoms with Crippen LogP contribution in [0.2, 0.25) is 0 Å². The van der Waals surface area contributed by atoms with Crippen LogP contribution in [0.4, 0.5) is 4.39 Å². The van der Waals surface area contributed by atoms with Gasteiger partial charge in [-0.2, -0.15) is 4.98 Å². The molecule has 0 aliphatic heterocycles. The van der Waals surface area contributed by atoms with Gasteiger partial charge in [-0.05, 0) is 24.7 Å². The molecule has 1 aromatic heterocycles. The molecule has 0 saturated heterocycles. The van der Waals surface area contributed by atoms with Crippen LogP contribution < -0.4 is 10.5 Å². The van der Waals surface area contributed by atoms with E-state index in [4.69, 9.17) is 15.0 Å². The lowest BCUT2D eigenvalue weighted by molar-refractivity contribution is 0.386. The summed E-state index contributed by atoms with van der Waals surface area (Å²) in [6.45, 7) is 0.450. The summed E-state index contributed by atoms with van der Waals surface area (Å²) in [7, 11) is 1.40. The van der Waals surface area contributed by atoms with E-state index in [0.29, 0.717) is 30.2 Å². The van der Waals surface area contributed by atoms with Gasteiger partial charge in [-0.15, -0.1) is 0 Å². The molecule has 2 rings (SSSR count). The second kappa shape index (κ2) is 4.92. The molecule has 0 radical (unpaired) electrons. The summed E-state index contributed by atoms with van der Waals surface area (Å²) in [5, 5.41) is 3.76. The SMILES string of the molecule is COc1cc(-c2nc(CCN)no2)ccc1F. The van der Waals surface area contributed by atoms with Gasteiger partial charge in [-0.25, -0.2) is 4.39 Å². The number of methoxy groups -OCH3 is 1. The van der Waals surface area contributed by atoms with Crippen molar-refractivity contribution in [2.24, 2.45) is 5.73 Å². The van der Waals surface area contributed by atoms with Gasteiger partial charge in [-0.1, -0.05) is 5.16 Å². The van der Waals surface area contributed by atoms with E-state index >= 15 is 0 Å². The van der Waals surface area contributed by atoms with Crippen molar-refractivity contribution in [1.82, 2.24) is 10.1 Å². The Kier molecular flexibility index (Phi) is 3.34. The van der Waals surface area contributed by atoms with Crippen molar-refractivity contribution >= 4 is 0 Å². The summed E-state index contributed by atoms with van der Waals surface area (Å²) in [6.07, 6.45) is 0.543. The lowest BCUT2D eigenvalue weighted by Crippen LogP contribution is -2.03. The minimum Gasteiger partial charge on any atom is -0.494 e. The fourth-order valence-corrected chi connectivity index (χ4v) is 1.39. The molecule has 0 atom stereocenters. The molecule has 2 N–H and O–H groups in total. The highest BCUT2D eigenvalue weighted by atomic mass is 19.1. The number of rotatable bonds is 4. The summed E-state index contributed by atoms with van der Waals surface area (Å²) in [4.78, 5) is 4.14. The van der Waals surface area contributed by atoms with E-state index in [1.54, 1.807) is 6.07 Å². The summed E-state index contributed by atoms with van der Waals surface area (Å²) >= 11 is 0. The molecule has 0 unspecified atom stereocenters. The number of halogens is 1. The second-order valence-electron chi connectivity index (χ2n) is 3.40. The second-order valence-corrected chi connectivity index (χ2v) is 3.40. The highest BCUT2D eigenvalue weighted by molar-refractivity contribution is 5.55. The van der Waals surface area contributed by atoms with Gasteiger partial charge < -0.3 is 15.0 Å². The number of nitrogens with zero attached hydrogens (tertiary/aromatic N) is 2. The number of hydrogen-bond donors (Lipinski definition) is 1. The first-order chi connectivity index (χ1) is 8.24. The van der Waals surface area contributed by atoms with Gasteiger partial charge in [-0.3, -0.25) is 0 Å². The molecule has 1 aromatic carbocycles. The molecule has 0 amide bonds. The maximum absolute atomic E-state index is 13.2. The van der Waals surface area contributed by atoms with Gasteiger partial charge in [0.2, 0.25) is 0 Å². The van der Waals surface area contributed by atoms with Crippen LogP contribution in [0.1, 0.15) is 5.82 Å². The third kappa shape index (κ3) is 2.42. The normalized spacial score (nSPS) is 10.5. The molecule has 0 aliphatic rings. The maximum Gasteiger partial charge on any atom is 0.258 e. The quantitative estimate of drug-likeness (QED) is 0.869. The predicted molar refractivity (Wildman–Crippen MR) is 59.0 cm³/mol. The van der Waals surface area contributed by atoms with Crippen molar-refractivity contribution in [3.8, 4) is 17.2 Å². The third-order valence-electron chi connectivity index (χ3n) is 2.23. The summed E-state index contributed by atoms with van der Waals surface area (Å²) in [5.41, 5.74) is 5.99. The minimum atomic E-state index is -0.432. The zero-order valence-electron chi connectivity index (χ0n) is 9.31. The van der Waals surface area contributed by atoms with E-state index in [2.05, 4.69) is 10.1 Å². The highest BCUT2D eigenvalue weighted by Gasteiger charge is 2.11. The van der Waals surface area contributed by atoms with Gasteiger partial charge in [0.15, 0.2) is 17.4 Å². The van der Waals surface area contributed by atoms with Crippen LogP contribution in [-0.4, -0.2) is 23.8 Å². The molecule has 0 saturated carbocycles. The summed E-state index contributed by atoms with van der Waals surface area (Å²) in [5.74, 6) is 0.566. The Morgan fingerprint density at radius 2 is 2.29 bits per heavy atom. The Labute approximate surface area is 97.4 Å². The average molecular weight is 237 g/mol.